The molecule has 3 aromatic carbocycles. The highest BCUT2D eigenvalue weighted by atomic mass is 16.5. The first-order valence-electron chi connectivity index (χ1n) is 9.79. The van der Waals surface area contributed by atoms with Crippen molar-refractivity contribution < 1.29 is 28.9 Å². The maximum atomic E-state index is 12.7. The molecule has 0 aliphatic carbocycles. The molecule has 9 heteroatoms. The van der Waals surface area contributed by atoms with Crippen molar-refractivity contribution in [2.45, 2.75) is 0 Å². The number of para-hydroxylation sites is 1. The Balaban J connectivity index is 1.73. The summed E-state index contributed by atoms with van der Waals surface area (Å²) in [5.74, 6) is 0.261. The maximum absolute atomic E-state index is 12.7. The zero-order chi connectivity index (χ0) is 23.8. The van der Waals surface area contributed by atoms with Gasteiger partial charge in [-0.05, 0) is 54.1 Å². The largest absolute Gasteiger partial charge is 0.504 e. The lowest BCUT2D eigenvalue weighted by atomic mass is 10.1. The molecule has 0 heterocycles. The molecule has 0 aliphatic rings. The second-order valence-corrected chi connectivity index (χ2v) is 6.70. The number of methoxy groups -OCH3 is 3. The van der Waals surface area contributed by atoms with Crippen LogP contribution in [-0.4, -0.2) is 44.5 Å². The van der Waals surface area contributed by atoms with Gasteiger partial charge in [0.05, 0.1) is 38.8 Å². The van der Waals surface area contributed by atoms with Crippen molar-refractivity contribution in [1.29, 1.82) is 0 Å². The van der Waals surface area contributed by atoms with Gasteiger partial charge in [0, 0.05) is 5.56 Å². The minimum absolute atomic E-state index is 0.00201. The van der Waals surface area contributed by atoms with Crippen LogP contribution in [0.1, 0.15) is 26.3 Å². The smallest absolute Gasteiger partial charge is 0.273 e. The number of nitrogens with one attached hydrogen (secondary N) is 2. The quantitative estimate of drug-likeness (QED) is 0.358. The monoisotopic (exact) mass is 449 g/mol. The minimum atomic E-state index is -0.514. The van der Waals surface area contributed by atoms with Gasteiger partial charge in [-0.3, -0.25) is 9.59 Å². The van der Waals surface area contributed by atoms with Crippen LogP contribution < -0.4 is 25.0 Å². The molecular formula is C24H23N3O6. The number of phenols is 1. The molecule has 0 radical (unpaired) electrons. The van der Waals surface area contributed by atoms with Crippen molar-refractivity contribution >= 4 is 23.7 Å². The van der Waals surface area contributed by atoms with Crippen LogP contribution in [0.5, 0.6) is 23.0 Å². The highest BCUT2D eigenvalue weighted by Gasteiger charge is 2.15. The summed E-state index contributed by atoms with van der Waals surface area (Å²) in [6, 6.07) is 16.0. The molecule has 0 aromatic heterocycles. The van der Waals surface area contributed by atoms with Crippen molar-refractivity contribution in [2.75, 3.05) is 26.6 Å². The summed E-state index contributed by atoms with van der Waals surface area (Å²) in [4.78, 5) is 25.4. The Morgan fingerprint density at radius 3 is 2.30 bits per heavy atom. The number of carbonyl (C=O) groups excluding carboxylic acids is 2. The summed E-state index contributed by atoms with van der Waals surface area (Å²) in [5, 5.41) is 16.3. The summed E-state index contributed by atoms with van der Waals surface area (Å²) < 4.78 is 15.5. The fraction of sp³-hybridized carbons (Fsp3) is 0.125. The van der Waals surface area contributed by atoms with Crippen LogP contribution in [0.4, 0.5) is 5.69 Å². The van der Waals surface area contributed by atoms with E-state index in [0.29, 0.717) is 28.3 Å². The number of carbonyl (C=O) groups is 2. The Labute approximate surface area is 190 Å². The number of nitrogens with zero attached hydrogens (tertiary/aromatic N) is 1. The zero-order valence-electron chi connectivity index (χ0n) is 18.3. The number of hydrogen-bond donors (Lipinski definition) is 3. The van der Waals surface area contributed by atoms with Crippen LogP contribution in [0.2, 0.25) is 0 Å². The Morgan fingerprint density at radius 2 is 1.58 bits per heavy atom. The van der Waals surface area contributed by atoms with E-state index in [1.54, 1.807) is 54.6 Å². The second-order valence-electron chi connectivity index (χ2n) is 6.70. The van der Waals surface area contributed by atoms with Crippen LogP contribution in [0.25, 0.3) is 0 Å². The first-order valence-corrected chi connectivity index (χ1v) is 9.79. The molecule has 3 aromatic rings. The Bertz CT molecular complexity index is 1190. The van der Waals surface area contributed by atoms with Gasteiger partial charge in [0.15, 0.2) is 23.0 Å². The maximum Gasteiger partial charge on any atom is 0.273 e. The van der Waals surface area contributed by atoms with Gasteiger partial charge in [0.25, 0.3) is 11.8 Å². The number of benzene rings is 3. The Morgan fingerprint density at radius 1 is 0.848 bits per heavy atom. The number of hydrogen-bond acceptors (Lipinski definition) is 7. The van der Waals surface area contributed by atoms with Crippen molar-refractivity contribution in [1.82, 2.24) is 5.43 Å². The van der Waals surface area contributed by atoms with Gasteiger partial charge in [0.2, 0.25) is 0 Å². The van der Waals surface area contributed by atoms with Crippen molar-refractivity contribution in [3.05, 3.63) is 77.4 Å². The summed E-state index contributed by atoms with van der Waals surface area (Å²) in [6.45, 7) is 0. The third kappa shape index (κ3) is 5.59. The molecule has 0 fully saturated rings. The van der Waals surface area contributed by atoms with E-state index in [2.05, 4.69) is 15.8 Å². The number of aromatic hydroxyl groups is 1. The molecule has 3 rings (SSSR count). The molecule has 170 valence electrons. The summed E-state index contributed by atoms with van der Waals surface area (Å²) in [5.41, 5.74) is 3.92. The Hall–Kier alpha value is -4.53. The average molecular weight is 449 g/mol. The van der Waals surface area contributed by atoms with Crippen molar-refractivity contribution in [3.8, 4) is 23.0 Å². The molecule has 0 spiro atoms. The van der Waals surface area contributed by atoms with E-state index in [1.807, 2.05) is 0 Å². The molecule has 9 nitrogen and oxygen atoms in total. The van der Waals surface area contributed by atoms with E-state index in [9.17, 15) is 14.7 Å². The molecule has 0 atom stereocenters. The normalized spacial score (nSPS) is 10.5. The number of ether oxygens (including phenoxy) is 3. The van der Waals surface area contributed by atoms with Crippen LogP contribution in [-0.2, 0) is 0 Å². The fourth-order valence-electron chi connectivity index (χ4n) is 2.96. The van der Waals surface area contributed by atoms with E-state index >= 15 is 0 Å². The lowest BCUT2D eigenvalue weighted by Crippen LogP contribution is -2.21. The lowest BCUT2D eigenvalue weighted by Gasteiger charge is -2.12. The predicted molar refractivity (Wildman–Crippen MR) is 124 cm³/mol. The molecule has 0 bridgehead atoms. The lowest BCUT2D eigenvalue weighted by molar-refractivity contribution is 0.0956. The van der Waals surface area contributed by atoms with Crippen molar-refractivity contribution in [3.63, 3.8) is 0 Å². The number of rotatable bonds is 8. The SMILES string of the molecule is COc1cc(/C=N/NC(=O)c2ccccc2NC(=O)c2ccc(OC)c(OC)c2)ccc1O. The van der Waals surface area contributed by atoms with Gasteiger partial charge >= 0.3 is 0 Å². The number of amides is 2. The Kier molecular flexibility index (Phi) is 7.48. The number of anilines is 1. The second kappa shape index (κ2) is 10.7. The van der Waals surface area contributed by atoms with Gasteiger partial charge in [-0.2, -0.15) is 5.10 Å². The number of hydrazone groups is 1. The molecule has 0 saturated carbocycles. The predicted octanol–water partition coefficient (Wildman–Crippen LogP) is 3.43. The van der Waals surface area contributed by atoms with E-state index < -0.39 is 11.8 Å². The molecule has 0 aliphatic heterocycles. The van der Waals surface area contributed by atoms with Gasteiger partial charge in [-0.15, -0.1) is 0 Å². The highest BCUT2D eigenvalue weighted by Crippen LogP contribution is 2.28. The van der Waals surface area contributed by atoms with Gasteiger partial charge in [0.1, 0.15) is 0 Å². The van der Waals surface area contributed by atoms with Crippen LogP contribution in [0.15, 0.2) is 65.8 Å². The number of phenolic OH excluding ortho intramolecular Hbond substituents is 1. The molecule has 0 saturated heterocycles. The topological polar surface area (TPSA) is 118 Å². The standard InChI is InChI=1S/C24H23N3O6/c1-31-20-11-9-16(13-22(20)33-3)23(29)26-18-7-5-4-6-17(18)24(30)27-25-14-15-8-10-19(28)21(12-15)32-2/h4-14,28H,1-3H3,(H,26,29)(H,27,30)/b25-14+. The van der Waals surface area contributed by atoms with Crippen LogP contribution in [0.3, 0.4) is 0 Å². The molecule has 2 amide bonds. The average Bonchev–Trinajstić information content (AvgIpc) is 2.84. The fourth-order valence-corrected chi connectivity index (χ4v) is 2.96. The summed E-state index contributed by atoms with van der Waals surface area (Å²) >= 11 is 0. The van der Waals surface area contributed by atoms with Crippen molar-refractivity contribution in [2.24, 2.45) is 5.10 Å². The highest BCUT2D eigenvalue weighted by molar-refractivity contribution is 6.09. The molecule has 0 unspecified atom stereocenters. The first kappa shape index (κ1) is 23.1. The zero-order valence-corrected chi connectivity index (χ0v) is 18.3. The van der Waals surface area contributed by atoms with Gasteiger partial charge in [-0.1, -0.05) is 12.1 Å². The minimum Gasteiger partial charge on any atom is -0.504 e. The van der Waals surface area contributed by atoms with Gasteiger partial charge in [-0.25, -0.2) is 5.43 Å². The van der Waals surface area contributed by atoms with E-state index in [0.717, 1.165) is 0 Å². The first-order chi connectivity index (χ1) is 16.0. The van der Waals surface area contributed by atoms with E-state index in [-0.39, 0.29) is 17.1 Å². The molecule has 33 heavy (non-hydrogen) atoms. The molecule has 3 N–H and O–H groups in total. The van der Waals surface area contributed by atoms with E-state index in [4.69, 9.17) is 14.2 Å². The molecular weight excluding hydrogens is 426 g/mol. The van der Waals surface area contributed by atoms with Gasteiger partial charge < -0.3 is 24.6 Å². The van der Waals surface area contributed by atoms with E-state index in [1.165, 1.54) is 33.6 Å². The van der Waals surface area contributed by atoms with Crippen LogP contribution >= 0.6 is 0 Å². The third-order valence-electron chi connectivity index (χ3n) is 4.65. The third-order valence-corrected chi connectivity index (χ3v) is 4.65. The van der Waals surface area contributed by atoms with Crippen LogP contribution in [0, 0.1) is 0 Å². The summed E-state index contributed by atoms with van der Waals surface area (Å²) in [6.07, 6.45) is 1.41. The summed E-state index contributed by atoms with van der Waals surface area (Å²) in [7, 11) is 4.42.